The summed E-state index contributed by atoms with van der Waals surface area (Å²) in [6.07, 6.45) is -23.0. The van der Waals surface area contributed by atoms with E-state index >= 15 is 0 Å². The first kappa shape index (κ1) is 46.5. The molecule has 1 aromatic rings. The standard InChI is InChI=1S/C33H48N4O21/c1-12(40)34-21-17(43)8-33(32(49)50,58-29(21)24(45)18(44)9-38)53-11-20-26(47)28(57-30-22(35-13(2)41)27(48)25(46)19(10-39)55-30)23(36-14(3)42)31(56-20)54-16-6-4-15(5-7-16)37(51)52/h4-7,17-31,38-39,43-48H,8-11H2,1-3H3,(H,34,40)(H,35,41)(H,36,42)(H,49,50)/t17-,18?,19+,20?,21+,22+,23+,24+,25+,26-,27+,28+,29+,30-,31-,33+/m0/s1. The van der Waals surface area contributed by atoms with Gasteiger partial charge in [-0.05, 0) is 12.1 Å². The summed E-state index contributed by atoms with van der Waals surface area (Å²) in [6, 6.07) is -0.230. The summed E-state index contributed by atoms with van der Waals surface area (Å²) >= 11 is 0. The zero-order valence-electron chi connectivity index (χ0n) is 31.2. The molecule has 0 radical (unpaired) electrons. The van der Waals surface area contributed by atoms with Crippen molar-refractivity contribution in [3.05, 3.63) is 34.4 Å². The molecule has 0 saturated carbocycles. The molecule has 25 heteroatoms. The van der Waals surface area contributed by atoms with Crippen LogP contribution in [0.4, 0.5) is 5.69 Å². The fourth-order valence-corrected chi connectivity index (χ4v) is 6.72. The maximum absolute atomic E-state index is 12.8. The molecule has 12 N–H and O–H groups in total. The predicted octanol–water partition coefficient (Wildman–Crippen LogP) is -5.94. The second-order valence-corrected chi connectivity index (χ2v) is 13.9. The molecule has 0 bridgehead atoms. The average molecular weight is 837 g/mol. The van der Waals surface area contributed by atoms with Crippen molar-refractivity contribution in [3.8, 4) is 5.75 Å². The zero-order valence-corrected chi connectivity index (χ0v) is 31.2. The van der Waals surface area contributed by atoms with Crippen LogP contribution in [0.25, 0.3) is 0 Å². The Hall–Kier alpha value is -4.22. The third kappa shape index (κ3) is 10.7. The number of nitro benzene ring substituents is 1. The SMILES string of the molecule is CC(=O)N[C@H]1[C@H](O[C@@H]2[C@@H](NC(C)=O)[C@@H](Oc3ccc([N+](=O)[O-])cc3)OC(CO[C@]3(C(=O)O)C[C@H](O)[C@@H](NC(C)=O)[C@H]([C@H](O)C(O)CO)O3)[C@@H]2O)O[C@H](CO)[C@@H](O)[C@@H]1O. The number of nitrogens with zero attached hydrogens (tertiary/aromatic N) is 1. The van der Waals surface area contributed by atoms with Crippen molar-refractivity contribution in [2.75, 3.05) is 19.8 Å². The molecule has 2 unspecified atom stereocenters. The molecule has 25 nitrogen and oxygen atoms in total. The van der Waals surface area contributed by atoms with Gasteiger partial charge in [-0.2, -0.15) is 0 Å². The van der Waals surface area contributed by atoms with E-state index in [4.69, 9.17) is 28.4 Å². The number of aliphatic hydroxyl groups excluding tert-OH is 8. The molecule has 326 valence electrons. The van der Waals surface area contributed by atoms with Crippen molar-refractivity contribution in [2.45, 2.75) is 125 Å². The molecule has 3 aliphatic rings. The molecule has 0 aliphatic carbocycles. The summed E-state index contributed by atoms with van der Waals surface area (Å²) in [5.74, 6) is -7.18. The first-order valence-corrected chi connectivity index (χ1v) is 17.8. The summed E-state index contributed by atoms with van der Waals surface area (Å²) < 4.78 is 35.0. The van der Waals surface area contributed by atoms with E-state index in [1.165, 1.54) is 0 Å². The molecule has 3 heterocycles. The number of carbonyl (C=O) groups excluding carboxylic acids is 3. The van der Waals surface area contributed by atoms with Crippen molar-refractivity contribution < 1.29 is 98.5 Å². The molecule has 1 aromatic carbocycles. The number of carboxylic acid groups (broad SMARTS) is 1. The molecule has 3 amide bonds. The fourth-order valence-electron chi connectivity index (χ4n) is 6.72. The smallest absolute Gasteiger partial charge is 0.364 e. The van der Waals surface area contributed by atoms with Crippen molar-refractivity contribution in [3.63, 3.8) is 0 Å². The molecule has 0 aromatic heterocycles. The lowest BCUT2D eigenvalue weighted by atomic mass is 9.88. The Balaban J connectivity index is 1.75. The van der Waals surface area contributed by atoms with Gasteiger partial charge in [0, 0.05) is 39.3 Å². The maximum atomic E-state index is 12.8. The Kier molecular flexibility index (Phi) is 15.8. The Bertz CT molecular complexity index is 1610. The lowest BCUT2D eigenvalue weighted by molar-refractivity contribution is -0.384. The number of nitro groups is 1. The Morgan fingerprint density at radius 2 is 1.43 bits per heavy atom. The number of hydrogen-bond donors (Lipinski definition) is 12. The molecular weight excluding hydrogens is 788 g/mol. The highest BCUT2D eigenvalue weighted by molar-refractivity contribution is 5.77. The van der Waals surface area contributed by atoms with E-state index in [1.807, 2.05) is 0 Å². The summed E-state index contributed by atoms with van der Waals surface area (Å²) in [5, 5.41) is 113. The number of rotatable bonds is 16. The van der Waals surface area contributed by atoms with Gasteiger partial charge in [0.15, 0.2) is 6.29 Å². The minimum Gasteiger partial charge on any atom is -0.477 e. The molecule has 3 aliphatic heterocycles. The fraction of sp³-hybridized carbons (Fsp3) is 0.697. The minimum atomic E-state index is -2.92. The highest BCUT2D eigenvalue weighted by Gasteiger charge is 2.58. The molecule has 3 fully saturated rings. The van der Waals surface area contributed by atoms with Gasteiger partial charge in [0.2, 0.25) is 24.0 Å². The van der Waals surface area contributed by atoms with Gasteiger partial charge < -0.3 is 90.3 Å². The summed E-state index contributed by atoms with van der Waals surface area (Å²) in [6.45, 7) is 0.244. The summed E-state index contributed by atoms with van der Waals surface area (Å²) in [4.78, 5) is 60.0. The van der Waals surface area contributed by atoms with Gasteiger partial charge in [0.05, 0.1) is 36.9 Å². The van der Waals surface area contributed by atoms with E-state index in [0.717, 1.165) is 45.0 Å². The van der Waals surface area contributed by atoms with Crippen LogP contribution in [-0.4, -0.2) is 192 Å². The number of carboxylic acids is 1. The molecule has 0 spiro atoms. The number of aliphatic carboxylic acids is 1. The van der Waals surface area contributed by atoms with Crippen molar-refractivity contribution >= 4 is 29.4 Å². The molecule has 58 heavy (non-hydrogen) atoms. The summed E-state index contributed by atoms with van der Waals surface area (Å²) in [7, 11) is 0. The lowest BCUT2D eigenvalue weighted by Gasteiger charge is -2.49. The summed E-state index contributed by atoms with van der Waals surface area (Å²) in [5.41, 5.74) is -0.333. The van der Waals surface area contributed by atoms with Crippen LogP contribution in [0.15, 0.2) is 24.3 Å². The van der Waals surface area contributed by atoms with Crippen LogP contribution >= 0.6 is 0 Å². The predicted molar refractivity (Wildman–Crippen MR) is 185 cm³/mol. The molecular formula is C33H48N4O21. The number of non-ortho nitro benzene ring substituents is 1. The van der Waals surface area contributed by atoms with Crippen LogP contribution in [0.1, 0.15) is 27.2 Å². The van der Waals surface area contributed by atoms with Gasteiger partial charge in [0.25, 0.3) is 11.5 Å². The third-order valence-electron chi connectivity index (χ3n) is 9.55. The van der Waals surface area contributed by atoms with E-state index in [-0.39, 0.29) is 11.4 Å². The van der Waals surface area contributed by atoms with Crippen LogP contribution in [0.5, 0.6) is 5.75 Å². The highest BCUT2D eigenvalue weighted by Crippen LogP contribution is 2.36. The van der Waals surface area contributed by atoms with E-state index in [9.17, 15) is 75.3 Å². The number of aliphatic hydroxyl groups is 8. The second-order valence-electron chi connectivity index (χ2n) is 13.9. The van der Waals surface area contributed by atoms with Gasteiger partial charge >= 0.3 is 5.97 Å². The lowest BCUT2D eigenvalue weighted by Crippen LogP contribution is -2.71. The van der Waals surface area contributed by atoms with Crippen LogP contribution in [0.2, 0.25) is 0 Å². The third-order valence-corrected chi connectivity index (χ3v) is 9.55. The number of hydrogen-bond acceptors (Lipinski definition) is 20. The van der Waals surface area contributed by atoms with E-state index in [0.29, 0.717) is 0 Å². The van der Waals surface area contributed by atoms with Gasteiger partial charge in [-0.25, -0.2) is 4.79 Å². The molecule has 16 atom stereocenters. The number of ether oxygens (including phenoxy) is 6. The largest absolute Gasteiger partial charge is 0.477 e. The number of nitrogens with one attached hydrogen (secondary N) is 3. The normalized spacial score (nSPS) is 36.2. The molecule has 3 saturated heterocycles. The Labute approximate surface area is 328 Å². The van der Waals surface area contributed by atoms with E-state index in [2.05, 4.69) is 16.0 Å². The zero-order chi connectivity index (χ0) is 43.2. The van der Waals surface area contributed by atoms with Crippen LogP contribution in [-0.2, 0) is 42.9 Å². The van der Waals surface area contributed by atoms with Crippen LogP contribution in [0, 0.1) is 10.1 Å². The van der Waals surface area contributed by atoms with Gasteiger partial charge in [-0.3, -0.25) is 24.5 Å². The number of benzene rings is 1. The van der Waals surface area contributed by atoms with Gasteiger partial charge in [0.1, 0.15) is 72.8 Å². The van der Waals surface area contributed by atoms with Crippen LogP contribution < -0.4 is 20.7 Å². The monoisotopic (exact) mass is 836 g/mol. The van der Waals surface area contributed by atoms with Crippen LogP contribution in [0.3, 0.4) is 0 Å². The quantitative estimate of drug-likeness (QED) is 0.0545. The maximum Gasteiger partial charge on any atom is 0.364 e. The highest BCUT2D eigenvalue weighted by atomic mass is 16.8. The number of amides is 3. The van der Waals surface area contributed by atoms with Crippen molar-refractivity contribution in [2.24, 2.45) is 0 Å². The number of carbonyl (C=O) groups is 4. The second kappa shape index (κ2) is 19.7. The first-order chi connectivity index (χ1) is 27.2. The Morgan fingerprint density at radius 3 is 1.97 bits per heavy atom. The average Bonchev–Trinajstić information content (AvgIpc) is 3.16. The van der Waals surface area contributed by atoms with Gasteiger partial charge in [-0.15, -0.1) is 0 Å². The van der Waals surface area contributed by atoms with Gasteiger partial charge in [-0.1, -0.05) is 0 Å². The minimum absolute atomic E-state index is 0.103. The van der Waals surface area contributed by atoms with Crippen molar-refractivity contribution in [1.82, 2.24) is 16.0 Å². The van der Waals surface area contributed by atoms with E-state index < -0.39 is 152 Å². The molecule has 4 rings (SSSR count). The van der Waals surface area contributed by atoms with Crippen molar-refractivity contribution in [1.29, 1.82) is 0 Å². The van der Waals surface area contributed by atoms with E-state index in [1.54, 1.807) is 0 Å². The Morgan fingerprint density at radius 1 is 0.862 bits per heavy atom. The first-order valence-electron chi connectivity index (χ1n) is 17.8. The topological polar surface area (TPSA) is 385 Å².